The number of carbonyl (C=O) groups is 1. The topological polar surface area (TPSA) is 37.3 Å². The van der Waals surface area contributed by atoms with Crippen LogP contribution in [-0.4, -0.2) is 11.1 Å². The van der Waals surface area contributed by atoms with Crippen LogP contribution in [0, 0.1) is 0 Å². The third-order valence-corrected chi connectivity index (χ3v) is 2.76. The smallest absolute Gasteiger partial charge is 0.328 e. The summed E-state index contributed by atoms with van der Waals surface area (Å²) in [5.74, 6) is -0.947. The number of halogens is 1. The lowest BCUT2D eigenvalue weighted by Gasteiger charge is -2.02. The van der Waals surface area contributed by atoms with E-state index in [4.69, 9.17) is 16.7 Å². The van der Waals surface area contributed by atoms with Gasteiger partial charge in [-0.05, 0) is 34.9 Å². The average molecular weight is 259 g/mol. The van der Waals surface area contributed by atoms with Gasteiger partial charge in [0.2, 0.25) is 0 Å². The van der Waals surface area contributed by atoms with Crippen molar-refractivity contribution in [2.75, 3.05) is 0 Å². The molecule has 2 nitrogen and oxygen atoms in total. The van der Waals surface area contributed by atoms with Crippen LogP contribution in [0.1, 0.15) is 5.56 Å². The summed E-state index contributed by atoms with van der Waals surface area (Å²) in [4.78, 5) is 10.4. The highest BCUT2D eigenvalue weighted by atomic mass is 35.5. The minimum atomic E-state index is -0.947. The number of rotatable bonds is 3. The molecule has 0 bridgehead atoms. The van der Waals surface area contributed by atoms with Crippen molar-refractivity contribution < 1.29 is 9.90 Å². The molecule has 3 heteroatoms. The van der Waals surface area contributed by atoms with Crippen LogP contribution < -0.4 is 0 Å². The van der Waals surface area contributed by atoms with Crippen molar-refractivity contribution in [1.29, 1.82) is 0 Å². The van der Waals surface area contributed by atoms with E-state index in [0.717, 1.165) is 22.8 Å². The molecule has 2 aromatic carbocycles. The van der Waals surface area contributed by atoms with Crippen molar-refractivity contribution in [1.82, 2.24) is 0 Å². The first-order chi connectivity index (χ1) is 8.65. The van der Waals surface area contributed by atoms with E-state index in [0.29, 0.717) is 5.02 Å². The van der Waals surface area contributed by atoms with Crippen LogP contribution in [0.25, 0.3) is 17.2 Å². The number of carboxylic acid groups (broad SMARTS) is 1. The van der Waals surface area contributed by atoms with Gasteiger partial charge in [0, 0.05) is 11.1 Å². The molecule has 0 radical (unpaired) electrons. The maximum absolute atomic E-state index is 10.4. The van der Waals surface area contributed by atoms with Gasteiger partial charge in [0.1, 0.15) is 0 Å². The highest BCUT2D eigenvalue weighted by Crippen LogP contribution is 2.22. The second kappa shape index (κ2) is 5.52. The van der Waals surface area contributed by atoms with E-state index in [1.54, 1.807) is 6.08 Å². The van der Waals surface area contributed by atoms with E-state index in [2.05, 4.69) is 0 Å². The molecule has 0 aromatic heterocycles. The minimum Gasteiger partial charge on any atom is -0.478 e. The quantitative estimate of drug-likeness (QED) is 0.842. The molecule has 0 atom stereocenters. The lowest BCUT2D eigenvalue weighted by Crippen LogP contribution is -1.85. The molecule has 90 valence electrons. The summed E-state index contributed by atoms with van der Waals surface area (Å²) in [5.41, 5.74) is 3.00. The van der Waals surface area contributed by atoms with E-state index in [9.17, 15) is 4.79 Å². The lowest BCUT2D eigenvalue weighted by molar-refractivity contribution is -0.131. The summed E-state index contributed by atoms with van der Waals surface area (Å²) in [6.45, 7) is 0. The summed E-state index contributed by atoms with van der Waals surface area (Å²) >= 11 is 5.83. The zero-order chi connectivity index (χ0) is 13.0. The van der Waals surface area contributed by atoms with Crippen molar-refractivity contribution in [2.45, 2.75) is 0 Å². The second-order valence-electron chi connectivity index (χ2n) is 3.80. The monoisotopic (exact) mass is 258 g/mol. The van der Waals surface area contributed by atoms with Crippen LogP contribution >= 0.6 is 11.6 Å². The van der Waals surface area contributed by atoms with Crippen molar-refractivity contribution in [3.8, 4) is 11.1 Å². The van der Waals surface area contributed by atoms with E-state index in [1.807, 2.05) is 48.5 Å². The third-order valence-electron chi connectivity index (χ3n) is 2.51. The Balaban J connectivity index is 2.22. The normalized spacial score (nSPS) is 10.7. The summed E-state index contributed by atoms with van der Waals surface area (Å²) in [6, 6.07) is 15.2. The van der Waals surface area contributed by atoms with Crippen LogP contribution in [0.4, 0.5) is 0 Å². The van der Waals surface area contributed by atoms with Crippen molar-refractivity contribution in [2.24, 2.45) is 0 Å². The van der Waals surface area contributed by atoms with Crippen LogP contribution in [0.5, 0.6) is 0 Å². The molecule has 0 fully saturated rings. The first kappa shape index (κ1) is 12.4. The van der Waals surface area contributed by atoms with Crippen molar-refractivity contribution >= 4 is 23.6 Å². The van der Waals surface area contributed by atoms with E-state index in [-0.39, 0.29) is 0 Å². The van der Waals surface area contributed by atoms with Gasteiger partial charge >= 0.3 is 5.97 Å². The van der Waals surface area contributed by atoms with Gasteiger partial charge in [-0.15, -0.1) is 0 Å². The van der Waals surface area contributed by atoms with Gasteiger partial charge in [0.05, 0.1) is 0 Å². The Morgan fingerprint density at radius 1 is 0.944 bits per heavy atom. The molecular formula is C15H11ClO2. The molecule has 18 heavy (non-hydrogen) atoms. The van der Waals surface area contributed by atoms with E-state index in [1.165, 1.54) is 0 Å². The minimum absolute atomic E-state index is 0.708. The predicted octanol–water partition coefficient (Wildman–Crippen LogP) is 4.10. The van der Waals surface area contributed by atoms with Gasteiger partial charge in [0.15, 0.2) is 0 Å². The number of hydrogen-bond acceptors (Lipinski definition) is 1. The largest absolute Gasteiger partial charge is 0.478 e. The maximum atomic E-state index is 10.4. The molecular weight excluding hydrogens is 248 g/mol. The molecule has 0 amide bonds. The fourth-order valence-corrected chi connectivity index (χ4v) is 1.72. The molecule has 0 aliphatic rings. The Morgan fingerprint density at radius 3 is 1.94 bits per heavy atom. The Kier molecular flexibility index (Phi) is 3.80. The molecule has 0 aliphatic heterocycles. The molecule has 0 saturated heterocycles. The summed E-state index contributed by atoms with van der Waals surface area (Å²) < 4.78 is 0. The number of hydrogen-bond donors (Lipinski definition) is 1. The van der Waals surface area contributed by atoms with Crippen LogP contribution in [0.3, 0.4) is 0 Å². The lowest BCUT2D eigenvalue weighted by atomic mass is 10.0. The second-order valence-corrected chi connectivity index (χ2v) is 4.24. The van der Waals surface area contributed by atoms with E-state index < -0.39 is 5.97 Å². The number of aliphatic carboxylic acids is 1. The molecule has 0 saturated carbocycles. The highest BCUT2D eigenvalue weighted by molar-refractivity contribution is 6.30. The third kappa shape index (κ3) is 3.22. The maximum Gasteiger partial charge on any atom is 0.328 e. The van der Waals surface area contributed by atoms with Gasteiger partial charge in [-0.1, -0.05) is 48.0 Å². The molecule has 0 aliphatic carbocycles. The van der Waals surface area contributed by atoms with Gasteiger partial charge in [-0.2, -0.15) is 0 Å². The predicted molar refractivity (Wildman–Crippen MR) is 73.6 cm³/mol. The molecule has 2 rings (SSSR count). The number of carboxylic acids is 1. The summed E-state index contributed by atoms with van der Waals surface area (Å²) in [6.07, 6.45) is 2.69. The average Bonchev–Trinajstić information content (AvgIpc) is 2.38. The van der Waals surface area contributed by atoms with Crippen molar-refractivity contribution in [3.05, 3.63) is 65.2 Å². The Hall–Kier alpha value is -2.06. The van der Waals surface area contributed by atoms with Gasteiger partial charge in [-0.25, -0.2) is 4.79 Å². The Bertz CT molecular complexity index is 568. The van der Waals surface area contributed by atoms with Gasteiger partial charge < -0.3 is 5.11 Å². The Labute approximate surface area is 110 Å². The van der Waals surface area contributed by atoms with Crippen LogP contribution in [0.2, 0.25) is 5.02 Å². The summed E-state index contributed by atoms with van der Waals surface area (Å²) in [7, 11) is 0. The first-order valence-electron chi connectivity index (χ1n) is 5.42. The fourth-order valence-electron chi connectivity index (χ4n) is 1.60. The zero-order valence-corrected chi connectivity index (χ0v) is 10.3. The zero-order valence-electron chi connectivity index (χ0n) is 9.51. The van der Waals surface area contributed by atoms with E-state index >= 15 is 0 Å². The molecule has 1 N–H and O–H groups in total. The van der Waals surface area contributed by atoms with Crippen molar-refractivity contribution in [3.63, 3.8) is 0 Å². The number of benzene rings is 2. The standard InChI is InChI=1S/C15H11ClO2/c16-14-8-6-13(7-9-14)12-4-1-11(2-5-12)3-10-15(17)18/h1-10H,(H,17,18)/b10-3-. The Morgan fingerprint density at radius 2 is 1.44 bits per heavy atom. The van der Waals surface area contributed by atoms with Crippen LogP contribution in [-0.2, 0) is 4.79 Å². The molecule has 0 spiro atoms. The molecule has 0 heterocycles. The first-order valence-corrected chi connectivity index (χ1v) is 5.80. The summed E-state index contributed by atoms with van der Waals surface area (Å²) in [5, 5.41) is 9.24. The SMILES string of the molecule is O=C(O)/C=C\c1ccc(-c2ccc(Cl)cc2)cc1. The van der Waals surface area contributed by atoms with Gasteiger partial charge in [-0.3, -0.25) is 0 Å². The fraction of sp³-hybridized carbons (Fsp3) is 0. The van der Waals surface area contributed by atoms with Crippen LogP contribution in [0.15, 0.2) is 54.6 Å². The van der Waals surface area contributed by atoms with Gasteiger partial charge in [0.25, 0.3) is 0 Å². The highest BCUT2D eigenvalue weighted by Gasteiger charge is 1.97. The molecule has 2 aromatic rings. The molecule has 0 unspecified atom stereocenters.